The van der Waals surface area contributed by atoms with Crippen LogP contribution in [0.15, 0.2) is 24.3 Å². The van der Waals surface area contributed by atoms with E-state index in [9.17, 15) is 0 Å². The molecule has 0 spiro atoms. The molecule has 0 aliphatic carbocycles. The van der Waals surface area contributed by atoms with Crippen LogP contribution >= 0.6 is 0 Å². The molecule has 0 bridgehead atoms. The van der Waals surface area contributed by atoms with Gasteiger partial charge in [0.05, 0.1) is 0 Å². The number of terminal acetylenes is 1. The van der Waals surface area contributed by atoms with Gasteiger partial charge in [-0.05, 0) is 0 Å². The van der Waals surface area contributed by atoms with Gasteiger partial charge in [-0.25, -0.2) is 0 Å². The Bertz CT molecular complexity index is 278. The molecule has 44 valence electrons. The predicted octanol–water partition coefficient (Wildman–Crippen LogP) is 1.61. The van der Waals surface area contributed by atoms with Gasteiger partial charge in [0.25, 0.3) is 0 Å². The van der Waals surface area contributed by atoms with E-state index in [4.69, 9.17) is 12.8 Å². The molecular weight excluding hydrogens is 120 g/mol. The van der Waals surface area contributed by atoms with Crippen molar-refractivity contribution in [3.63, 3.8) is 0 Å². The number of benzene rings is 1. The van der Waals surface area contributed by atoms with Crippen molar-refractivity contribution in [2.45, 2.75) is 0 Å². The van der Waals surface area contributed by atoms with E-state index in [-0.39, 0.29) is 0 Å². The fourth-order valence-corrected chi connectivity index (χ4v) is 0.687. The van der Waals surface area contributed by atoms with E-state index < -0.39 is 0 Å². The van der Waals surface area contributed by atoms with Crippen molar-refractivity contribution in [2.24, 2.45) is 0 Å². The molecule has 0 unspecified atom stereocenters. The molecule has 1 aromatic rings. The number of hydrogen-bond donors (Lipinski definition) is 0. The van der Waals surface area contributed by atoms with E-state index in [1.165, 1.54) is 0 Å². The van der Waals surface area contributed by atoms with Crippen LogP contribution in [0.2, 0.25) is 0 Å². The van der Waals surface area contributed by atoms with E-state index in [1.807, 2.05) is 12.1 Å². The number of hydrogen-bond acceptors (Lipinski definition) is 0. The van der Waals surface area contributed by atoms with Gasteiger partial charge in [-0.15, -0.1) is 0 Å². The van der Waals surface area contributed by atoms with Crippen molar-refractivity contribution in [3.8, 4) is 18.3 Å². The van der Waals surface area contributed by atoms with Crippen LogP contribution in [0, 0.1) is 24.7 Å². The molecule has 10 heavy (non-hydrogen) atoms. The number of rotatable bonds is 0. The molecule has 0 aliphatic rings. The summed E-state index contributed by atoms with van der Waals surface area (Å²) < 4.78 is 0. The van der Waals surface area contributed by atoms with Crippen LogP contribution in [0.3, 0.4) is 0 Å². The Morgan fingerprint density at radius 3 is 2.60 bits per heavy atom. The summed E-state index contributed by atoms with van der Waals surface area (Å²) in [6, 6.07) is 7.16. The summed E-state index contributed by atoms with van der Waals surface area (Å²) in [5.41, 5.74) is 1.51. The van der Waals surface area contributed by atoms with Gasteiger partial charge in [-0.1, -0.05) is 0 Å². The average Bonchev–Trinajstić information content (AvgIpc) is 2.05. The molecule has 0 radical (unpaired) electrons. The first-order chi connectivity index (χ1) is 4.86. The second kappa shape index (κ2) is 2.92. The van der Waals surface area contributed by atoms with E-state index in [1.54, 1.807) is 12.1 Å². The summed E-state index contributed by atoms with van der Waals surface area (Å²) in [6.45, 7) is 0. The van der Waals surface area contributed by atoms with Crippen molar-refractivity contribution in [1.29, 1.82) is 0 Å². The maximum absolute atomic E-state index is 6.80. The minimum atomic E-state index is 0.718. The van der Waals surface area contributed by atoms with Gasteiger partial charge in [0.15, 0.2) is 0 Å². The molecule has 0 amide bonds. The summed E-state index contributed by atoms with van der Waals surface area (Å²) in [5, 5.41) is 0. The van der Waals surface area contributed by atoms with Gasteiger partial charge < -0.3 is 0 Å². The van der Waals surface area contributed by atoms with Gasteiger partial charge in [0.2, 0.25) is 0 Å². The van der Waals surface area contributed by atoms with Crippen molar-refractivity contribution >= 4 is 0 Å². The van der Waals surface area contributed by atoms with E-state index in [2.05, 4.69) is 11.8 Å². The Kier molecular flexibility index (Phi) is 1.95. The molecule has 0 fully saturated rings. The summed E-state index contributed by atoms with van der Waals surface area (Å²) in [6.07, 6.45) is 11.9. The zero-order valence-corrected chi connectivity index (χ0v) is 5.39. The van der Waals surface area contributed by atoms with E-state index in [0.717, 1.165) is 11.1 Å². The molecule has 0 aliphatic heterocycles. The molecule has 1 aromatic carbocycles. The van der Waals surface area contributed by atoms with Crippen LogP contribution in [0.25, 0.3) is 0 Å². The van der Waals surface area contributed by atoms with Crippen LogP contribution in [-0.2, 0) is 0 Å². The standard InChI is InChI=1S/C10H5/c1-3-9-6-5-7-10(4-2)8-9/h1,5-8H/q+1. The molecule has 0 atom stereocenters. The minimum absolute atomic E-state index is 0.718. The molecule has 0 saturated carbocycles. The topological polar surface area (TPSA) is 0 Å². The average molecular weight is 125 g/mol. The predicted molar refractivity (Wildman–Crippen MR) is 40.6 cm³/mol. The quantitative estimate of drug-likeness (QED) is 0.365. The van der Waals surface area contributed by atoms with Gasteiger partial charge in [0.1, 0.15) is 0 Å². The normalized spacial score (nSPS) is 8.10. The molecule has 0 nitrogen and oxygen atoms in total. The summed E-state index contributed by atoms with van der Waals surface area (Å²) >= 11 is 0. The van der Waals surface area contributed by atoms with Crippen LogP contribution < -0.4 is 0 Å². The maximum atomic E-state index is 6.80. The van der Waals surface area contributed by atoms with Crippen molar-refractivity contribution in [3.05, 3.63) is 41.8 Å². The Morgan fingerprint density at radius 1 is 1.30 bits per heavy atom. The monoisotopic (exact) mass is 125 g/mol. The molecule has 0 heteroatoms. The molecule has 0 N–H and O–H groups in total. The van der Waals surface area contributed by atoms with Gasteiger partial charge >= 0.3 is 60.1 Å². The summed E-state index contributed by atoms with van der Waals surface area (Å²) in [5.74, 6) is 4.73. The first-order valence-electron chi connectivity index (χ1n) is 2.86. The van der Waals surface area contributed by atoms with Crippen molar-refractivity contribution < 1.29 is 0 Å². The first-order valence-corrected chi connectivity index (χ1v) is 2.86. The van der Waals surface area contributed by atoms with Crippen LogP contribution in [0.1, 0.15) is 11.1 Å². The fourth-order valence-electron chi connectivity index (χ4n) is 0.687. The summed E-state index contributed by atoms with van der Waals surface area (Å²) in [4.78, 5) is 0. The second-order valence-corrected chi connectivity index (χ2v) is 1.85. The second-order valence-electron chi connectivity index (χ2n) is 1.85. The summed E-state index contributed by atoms with van der Waals surface area (Å²) in [7, 11) is 0. The van der Waals surface area contributed by atoms with Crippen molar-refractivity contribution in [2.75, 3.05) is 0 Å². The van der Waals surface area contributed by atoms with Crippen LogP contribution in [0.4, 0.5) is 0 Å². The van der Waals surface area contributed by atoms with Crippen molar-refractivity contribution in [1.82, 2.24) is 0 Å². The van der Waals surface area contributed by atoms with Crippen LogP contribution in [0.5, 0.6) is 0 Å². The molecule has 0 heterocycles. The first kappa shape index (κ1) is 6.68. The molecule has 1 rings (SSSR count). The fraction of sp³-hybridized carbons (Fsp3) is 0. The Hall–Kier alpha value is -1.44. The Morgan fingerprint density at radius 2 is 2.00 bits per heavy atom. The third-order valence-electron chi connectivity index (χ3n) is 1.17. The van der Waals surface area contributed by atoms with Crippen LogP contribution in [-0.4, -0.2) is 0 Å². The molecule has 0 aromatic heterocycles. The van der Waals surface area contributed by atoms with Gasteiger partial charge in [0, 0.05) is 0 Å². The van der Waals surface area contributed by atoms with E-state index in [0.29, 0.717) is 0 Å². The van der Waals surface area contributed by atoms with Gasteiger partial charge in [-0.3, -0.25) is 0 Å². The molecular formula is C10H5+. The molecule has 0 saturated heterocycles. The third-order valence-corrected chi connectivity index (χ3v) is 1.17. The Balaban J connectivity index is 3.17. The Labute approximate surface area is 60.9 Å². The van der Waals surface area contributed by atoms with E-state index >= 15 is 0 Å². The third kappa shape index (κ3) is 1.29. The zero-order valence-electron chi connectivity index (χ0n) is 5.39. The zero-order chi connectivity index (χ0) is 7.40. The van der Waals surface area contributed by atoms with Gasteiger partial charge in [-0.2, -0.15) is 0 Å². The SMILES string of the molecule is [C+]#Cc1cccc(C#C)c1.